The van der Waals surface area contributed by atoms with Crippen molar-refractivity contribution in [2.45, 2.75) is 48.5 Å². The summed E-state index contributed by atoms with van der Waals surface area (Å²) in [4.78, 5) is 11.9. The normalized spacial score (nSPS) is 13.1. The molecule has 0 aromatic heterocycles. The summed E-state index contributed by atoms with van der Waals surface area (Å²) < 4.78 is 0. The molecular formula is C12H25NO. The lowest BCUT2D eigenvalue weighted by molar-refractivity contribution is -0.134. The van der Waals surface area contributed by atoms with Gasteiger partial charge in [0.25, 0.3) is 0 Å². The second-order valence-corrected chi connectivity index (χ2v) is 5.98. The Morgan fingerprint density at radius 1 is 1.14 bits per heavy atom. The molecule has 0 radical (unpaired) electrons. The maximum Gasteiger partial charge on any atom is 0.226 e. The van der Waals surface area contributed by atoms with Gasteiger partial charge < -0.3 is 5.32 Å². The van der Waals surface area contributed by atoms with Crippen LogP contribution in [0.4, 0.5) is 0 Å². The van der Waals surface area contributed by atoms with Gasteiger partial charge in [-0.05, 0) is 11.3 Å². The Kier molecular flexibility index (Phi) is 4.16. The first kappa shape index (κ1) is 13.5. The topological polar surface area (TPSA) is 29.1 Å². The number of amides is 1. The van der Waals surface area contributed by atoms with Gasteiger partial charge in [-0.1, -0.05) is 48.5 Å². The molecule has 0 heterocycles. The Bertz CT molecular complexity index is 199. The van der Waals surface area contributed by atoms with Crippen LogP contribution in [0.3, 0.4) is 0 Å². The Hall–Kier alpha value is -0.530. The predicted molar refractivity (Wildman–Crippen MR) is 61.1 cm³/mol. The summed E-state index contributed by atoms with van der Waals surface area (Å²) in [6.07, 6.45) is 0. The van der Waals surface area contributed by atoms with Crippen LogP contribution in [0.5, 0.6) is 0 Å². The summed E-state index contributed by atoms with van der Waals surface area (Å²) in [5.74, 6) is 0.661. The van der Waals surface area contributed by atoms with Gasteiger partial charge in [-0.3, -0.25) is 4.79 Å². The van der Waals surface area contributed by atoms with E-state index in [1.165, 1.54) is 0 Å². The SMILES string of the molecule is CC(C)CNC(=O)C(C)(C)C(C)(C)C. The first-order valence-corrected chi connectivity index (χ1v) is 5.37. The van der Waals surface area contributed by atoms with Crippen LogP contribution in [0.1, 0.15) is 48.5 Å². The van der Waals surface area contributed by atoms with Gasteiger partial charge in [0.15, 0.2) is 0 Å². The van der Waals surface area contributed by atoms with E-state index >= 15 is 0 Å². The number of hydrogen-bond donors (Lipinski definition) is 1. The fraction of sp³-hybridized carbons (Fsp3) is 0.917. The molecule has 0 unspecified atom stereocenters. The summed E-state index contributed by atoms with van der Waals surface area (Å²) in [6, 6.07) is 0. The molecule has 2 heteroatoms. The van der Waals surface area contributed by atoms with E-state index in [0.717, 1.165) is 6.54 Å². The number of nitrogens with one attached hydrogen (secondary N) is 1. The number of carbonyl (C=O) groups excluding carboxylic acids is 1. The predicted octanol–water partition coefficient (Wildman–Crippen LogP) is 2.83. The van der Waals surface area contributed by atoms with Gasteiger partial charge in [-0.15, -0.1) is 0 Å². The number of hydrogen-bond acceptors (Lipinski definition) is 1. The van der Waals surface area contributed by atoms with E-state index in [9.17, 15) is 4.79 Å². The van der Waals surface area contributed by atoms with Crippen molar-refractivity contribution < 1.29 is 4.79 Å². The summed E-state index contributed by atoms with van der Waals surface area (Å²) in [5, 5.41) is 2.99. The summed E-state index contributed by atoms with van der Waals surface area (Å²) in [7, 11) is 0. The van der Waals surface area contributed by atoms with Crippen LogP contribution in [0, 0.1) is 16.7 Å². The van der Waals surface area contributed by atoms with Crippen molar-refractivity contribution in [2.24, 2.45) is 16.7 Å². The summed E-state index contributed by atoms with van der Waals surface area (Å²) >= 11 is 0. The third kappa shape index (κ3) is 3.32. The largest absolute Gasteiger partial charge is 0.355 e. The molecule has 0 rings (SSSR count). The molecule has 0 fully saturated rings. The van der Waals surface area contributed by atoms with Crippen molar-refractivity contribution in [1.29, 1.82) is 0 Å². The fourth-order valence-electron chi connectivity index (χ4n) is 0.858. The van der Waals surface area contributed by atoms with Crippen molar-refractivity contribution in [3.05, 3.63) is 0 Å². The van der Waals surface area contributed by atoms with E-state index in [4.69, 9.17) is 0 Å². The second-order valence-electron chi connectivity index (χ2n) is 5.98. The van der Waals surface area contributed by atoms with Crippen LogP contribution in [0.25, 0.3) is 0 Å². The van der Waals surface area contributed by atoms with Crippen LogP contribution in [-0.2, 0) is 4.79 Å². The van der Waals surface area contributed by atoms with E-state index in [0.29, 0.717) is 5.92 Å². The molecule has 1 N–H and O–H groups in total. The van der Waals surface area contributed by atoms with Crippen LogP contribution in [0.2, 0.25) is 0 Å². The Labute approximate surface area is 88.5 Å². The standard InChI is InChI=1S/C12H25NO/c1-9(2)8-13-10(14)12(6,7)11(3,4)5/h9H,8H2,1-7H3,(H,13,14). The zero-order valence-electron chi connectivity index (χ0n) is 10.7. The Balaban J connectivity index is 4.38. The highest BCUT2D eigenvalue weighted by Gasteiger charge is 2.39. The molecular weight excluding hydrogens is 174 g/mol. The molecule has 0 saturated carbocycles. The minimum Gasteiger partial charge on any atom is -0.355 e. The van der Waals surface area contributed by atoms with E-state index in [1.54, 1.807) is 0 Å². The average Bonchev–Trinajstić information content (AvgIpc) is 1.97. The minimum atomic E-state index is -0.318. The monoisotopic (exact) mass is 199 g/mol. The molecule has 0 aromatic rings. The van der Waals surface area contributed by atoms with E-state index in [-0.39, 0.29) is 16.7 Å². The van der Waals surface area contributed by atoms with Gasteiger partial charge in [-0.2, -0.15) is 0 Å². The van der Waals surface area contributed by atoms with Gasteiger partial charge in [0.05, 0.1) is 0 Å². The molecule has 0 saturated heterocycles. The molecule has 0 spiro atoms. The quantitative estimate of drug-likeness (QED) is 0.744. The van der Waals surface area contributed by atoms with Crippen LogP contribution in [0.15, 0.2) is 0 Å². The zero-order chi connectivity index (χ0) is 11.6. The summed E-state index contributed by atoms with van der Waals surface area (Å²) in [6.45, 7) is 15.3. The van der Waals surface area contributed by atoms with E-state index in [2.05, 4.69) is 39.9 Å². The van der Waals surface area contributed by atoms with E-state index < -0.39 is 0 Å². The minimum absolute atomic E-state index is 0.00589. The lowest BCUT2D eigenvalue weighted by atomic mass is 9.68. The average molecular weight is 199 g/mol. The van der Waals surface area contributed by atoms with Crippen molar-refractivity contribution in [3.8, 4) is 0 Å². The smallest absolute Gasteiger partial charge is 0.226 e. The van der Waals surface area contributed by atoms with Crippen molar-refractivity contribution in [1.82, 2.24) is 5.32 Å². The first-order valence-electron chi connectivity index (χ1n) is 5.37. The van der Waals surface area contributed by atoms with Crippen LogP contribution < -0.4 is 5.32 Å². The lowest BCUT2D eigenvalue weighted by Crippen LogP contribution is -2.46. The Morgan fingerprint density at radius 2 is 1.57 bits per heavy atom. The third-order valence-corrected chi connectivity index (χ3v) is 3.11. The molecule has 0 aromatic carbocycles. The maximum absolute atomic E-state index is 11.9. The van der Waals surface area contributed by atoms with Crippen molar-refractivity contribution in [2.75, 3.05) is 6.54 Å². The second kappa shape index (κ2) is 4.33. The Morgan fingerprint density at radius 3 is 1.86 bits per heavy atom. The van der Waals surface area contributed by atoms with Gasteiger partial charge in [0.2, 0.25) is 5.91 Å². The molecule has 84 valence electrons. The fourth-order valence-corrected chi connectivity index (χ4v) is 0.858. The van der Waals surface area contributed by atoms with Crippen molar-refractivity contribution >= 4 is 5.91 Å². The highest BCUT2D eigenvalue weighted by molar-refractivity contribution is 5.82. The molecule has 0 aliphatic heterocycles. The lowest BCUT2D eigenvalue weighted by Gasteiger charge is -2.37. The van der Waals surface area contributed by atoms with Crippen LogP contribution >= 0.6 is 0 Å². The molecule has 0 atom stereocenters. The number of carbonyl (C=O) groups is 1. The molecule has 0 bridgehead atoms. The van der Waals surface area contributed by atoms with Gasteiger partial charge in [0.1, 0.15) is 0 Å². The summed E-state index contributed by atoms with van der Waals surface area (Å²) in [5.41, 5.74) is -0.323. The highest BCUT2D eigenvalue weighted by Crippen LogP contribution is 2.37. The molecule has 2 nitrogen and oxygen atoms in total. The zero-order valence-corrected chi connectivity index (χ0v) is 10.7. The van der Waals surface area contributed by atoms with Gasteiger partial charge >= 0.3 is 0 Å². The molecule has 14 heavy (non-hydrogen) atoms. The third-order valence-electron chi connectivity index (χ3n) is 3.11. The van der Waals surface area contributed by atoms with Crippen molar-refractivity contribution in [3.63, 3.8) is 0 Å². The van der Waals surface area contributed by atoms with Gasteiger partial charge in [-0.25, -0.2) is 0 Å². The van der Waals surface area contributed by atoms with E-state index in [1.807, 2.05) is 13.8 Å². The highest BCUT2D eigenvalue weighted by atomic mass is 16.2. The van der Waals surface area contributed by atoms with Crippen LogP contribution in [-0.4, -0.2) is 12.5 Å². The molecule has 0 aliphatic rings. The first-order chi connectivity index (χ1) is 6.09. The maximum atomic E-state index is 11.9. The molecule has 0 aliphatic carbocycles. The van der Waals surface area contributed by atoms with Gasteiger partial charge in [0, 0.05) is 12.0 Å². The molecule has 1 amide bonds. The number of rotatable bonds is 3.